The van der Waals surface area contributed by atoms with Gasteiger partial charge in [0.1, 0.15) is 6.10 Å². The van der Waals surface area contributed by atoms with Crippen molar-refractivity contribution in [3.8, 4) is 11.1 Å². The number of benzene rings is 2. The van der Waals surface area contributed by atoms with Gasteiger partial charge in [0.05, 0.1) is 0 Å². The van der Waals surface area contributed by atoms with Gasteiger partial charge < -0.3 is 5.11 Å². The van der Waals surface area contributed by atoms with Gasteiger partial charge in [-0.1, -0.05) is 93.4 Å². The molecule has 2 aromatic rings. The lowest BCUT2D eigenvalue weighted by Gasteiger charge is -2.26. The van der Waals surface area contributed by atoms with Crippen LogP contribution in [0.4, 0.5) is 0 Å². The van der Waals surface area contributed by atoms with E-state index in [-0.39, 0.29) is 5.75 Å². The maximum atomic E-state index is 12.1. The smallest absolute Gasteiger partial charge is 0.210 e. The Bertz CT molecular complexity index is 726. The van der Waals surface area contributed by atoms with Crippen molar-refractivity contribution in [2.24, 2.45) is 0 Å². The number of halogens is 2. The molecular formula is C16H16Br2O3S. The molecule has 0 fully saturated rings. The zero-order chi connectivity index (χ0) is 16.4. The predicted octanol–water partition coefficient (Wildman–Crippen LogP) is 4.27. The van der Waals surface area contributed by atoms with Gasteiger partial charge in [-0.05, 0) is 16.7 Å². The van der Waals surface area contributed by atoms with E-state index in [1.807, 2.05) is 42.5 Å². The Labute approximate surface area is 147 Å². The quantitative estimate of drug-likeness (QED) is 0.696. The molecule has 3 nitrogen and oxygen atoms in total. The number of sulfone groups is 1. The van der Waals surface area contributed by atoms with Crippen LogP contribution in [0.1, 0.15) is 18.6 Å². The van der Waals surface area contributed by atoms with Crippen LogP contribution in [0.2, 0.25) is 0 Å². The van der Waals surface area contributed by atoms with Crippen molar-refractivity contribution < 1.29 is 13.5 Å². The third-order valence-corrected chi connectivity index (χ3v) is 9.09. The highest BCUT2D eigenvalue weighted by atomic mass is 79.9. The molecule has 0 radical (unpaired) electrons. The molecule has 0 aromatic heterocycles. The fourth-order valence-corrected chi connectivity index (χ4v) is 4.81. The Morgan fingerprint density at radius 1 is 1.00 bits per heavy atom. The zero-order valence-electron chi connectivity index (χ0n) is 11.9. The second-order valence-corrected chi connectivity index (χ2v) is 11.9. The Kier molecular flexibility index (Phi) is 5.48. The summed E-state index contributed by atoms with van der Waals surface area (Å²) in [7, 11) is -3.52. The molecule has 0 aliphatic heterocycles. The van der Waals surface area contributed by atoms with Crippen LogP contribution in [-0.2, 0) is 9.84 Å². The first kappa shape index (κ1) is 17.7. The first-order chi connectivity index (χ1) is 10.3. The van der Waals surface area contributed by atoms with Gasteiger partial charge in [-0.2, -0.15) is 0 Å². The Morgan fingerprint density at radius 3 is 2.00 bits per heavy atom. The normalized spacial score (nSPS) is 13.8. The summed E-state index contributed by atoms with van der Waals surface area (Å²) in [4.78, 5) is 0. The van der Waals surface area contributed by atoms with Gasteiger partial charge in [0.25, 0.3) is 0 Å². The summed E-state index contributed by atoms with van der Waals surface area (Å²) in [5, 5.41) is 10.4. The second-order valence-electron chi connectivity index (χ2n) is 4.86. The van der Waals surface area contributed by atoms with Crippen LogP contribution in [-0.4, -0.2) is 21.8 Å². The standard InChI is InChI=1S/C16H16Br2O3S/c1-2-22(20,21)16(17,18)15(19)14-10-8-13(9-11-14)12-6-4-3-5-7-12/h3-11,15,19H,2H2,1H3/t15-/m1/s1. The van der Waals surface area contributed by atoms with E-state index in [1.165, 1.54) is 6.92 Å². The molecule has 0 spiro atoms. The number of hydrogen-bond acceptors (Lipinski definition) is 3. The molecule has 1 atom stereocenters. The van der Waals surface area contributed by atoms with Gasteiger partial charge in [0.15, 0.2) is 9.84 Å². The minimum Gasteiger partial charge on any atom is -0.385 e. The van der Waals surface area contributed by atoms with Crippen molar-refractivity contribution in [3.05, 3.63) is 60.2 Å². The number of alkyl halides is 2. The Morgan fingerprint density at radius 2 is 1.50 bits per heavy atom. The predicted molar refractivity (Wildman–Crippen MR) is 96.9 cm³/mol. The molecule has 2 rings (SSSR count). The lowest BCUT2D eigenvalue weighted by molar-refractivity contribution is 0.189. The average Bonchev–Trinajstić information content (AvgIpc) is 2.55. The second kappa shape index (κ2) is 6.83. The summed E-state index contributed by atoms with van der Waals surface area (Å²) in [5.74, 6) is -0.0807. The van der Waals surface area contributed by atoms with Crippen molar-refractivity contribution in [2.75, 3.05) is 5.75 Å². The van der Waals surface area contributed by atoms with Crippen LogP contribution < -0.4 is 0 Å². The maximum Gasteiger partial charge on any atom is 0.210 e. The van der Waals surface area contributed by atoms with E-state index in [1.54, 1.807) is 12.1 Å². The van der Waals surface area contributed by atoms with Crippen molar-refractivity contribution in [1.29, 1.82) is 0 Å². The summed E-state index contributed by atoms with van der Waals surface area (Å²) >= 11 is 6.22. The van der Waals surface area contributed by atoms with E-state index in [2.05, 4.69) is 31.9 Å². The molecule has 1 N–H and O–H groups in total. The molecule has 0 saturated carbocycles. The van der Waals surface area contributed by atoms with Gasteiger partial charge in [-0.15, -0.1) is 0 Å². The van der Waals surface area contributed by atoms with Gasteiger partial charge >= 0.3 is 0 Å². The lowest BCUT2D eigenvalue weighted by atomic mass is 10.0. The monoisotopic (exact) mass is 446 g/mol. The van der Waals surface area contributed by atoms with Crippen LogP contribution in [0.15, 0.2) is 54.6 Å². The maximum absolute atomic E-state index is 12.1. The Hall–Kier alpha value is -0.690. The molecule has 2 aromatic carbocycles. The molecule has 0 aliphatic rings. The number of hydrogen-bond donors (Lipinski definition) is 1. The van der Waals surface area contributed by atoms with Crippen LogP contribution in [0.3, 0.4) is 0 Å². The van der Waals surface area contributed by atoms with Crippen molar-refractivity contribution in [3.63, 3.8) is 0 Å². The fraction of sp³-hybridized carbons (Fsp3) is 0.250. The molecule has 0 saturated heterocycles. The first-order valence-corrected chi connectivity index (χ1v) is 9.97. The largest absolute Gasteiger partial charge is 0.385 e. The van der Waals surface area contributed by atoms with Gasteiger partial charge in [-0.3, -0.25) is 0 Å². The van der Waals surface area contributed by atoms with E-state index < -0.39 is 18.5 Å². The van der Waals surface area contributed by atoms with Crippen LogP contribution >= 0.6 is 31.9 Å². The molecule has 6 heteroatoms. The number of aliphatic hydroxyl groups is 1. The van der Waals surface area contributed by atoms with Crippen molar-refractivity contribution in [2.45, 2.75) is 15.6 Å². The number of aliphatic hydroxyl groups excluding tert-OH is 1. The first-order valence-electron chi connectivity index (χ1n) is 6.73. The Balaban J connectivity index is 2.31. The van der Waals surface area contributed by atoms with Gasteiger partial charge in [-0.25, -0.2) is 8.42 Å². The third kappa shape index (κ3) is 3.45. The highest BCUT2D eigenvalue weighted by Crippen LogP contribution is 2.44. The highest BCUT2D eigenvalue weighted by molar-refractivity contribution is 9.28. The van der Waals surface area contributed by atoms with E-state index in [0.717, 1.165) is 11.1 Å². The molecule has 0 amide bonds. The molecular weight excluding hydrogens is 432 g/mol. The van der Waals surface area contributed by atoms with Crippen LogP contribution in [0.25, 0.3) is 11.1 Å². The topological polar surface area (TPSA) is 54.4 Å². The molecule has 0 bridgehead atoms. The summed E-state index contributed by atoms with van der Waals surface area (Å²) in [6.07, 6.45) is -1.22. The average molecular weight is 448 g/mol. The van der Waals surface area contributed by atoms with Crippen LogP contribution in [0.5, 0.6) is 0 Å². The van der Waals surface area contributed by atoms with Crippen LogP contribution in [0, 0.1) is 0 Å². The number of rotatable bonds is 5. The van der Waals surface area contributed by atoms with Crippen molar-refractivity contribution >= 4 is 41.7 Å². The van der Waals surface area contributed by atoms with E-state index in [4.69, 9.17) is 0 Å². The fourth-order valence-electron chi connectivity index (χ4n) is 2.05. The summed E-state index contributed by atoms with van der Waals surface area (Å²) < 4.78 is 22.6. The lowest BCUT2D eigenvalue weighted by Crippen LogP contribution is -2.33. The highest BCUT2D eigenvalue weighted by Gasteiger charge is 2.45. The SMILES string of the molecule is CCS(=O)(=O)C(Br)(Br)[C@H](O)c1ccc(-c2ccccc2)cc1. The minimum atomic E-state index is -3.52. The molecule has 22 heavy (non-hydrogen) atoms. The van der Waals surface area contributed by atoms with E-state index in [0.29, 0.717) is 5.56 Å². The molecule has 0 unspecified atom stereocenters. The minimum absolute atomic E-state index is 0.0807. The van der Waals surface area contributed by atoms with Crippen molar-refractivity contribution in [1.82, 2.24) is 0 Å². The summed E-state index contributed by atoms with van der Waals surface area (Å²) in [6.45, 7) is 1.54. The van der Waals surface area contributed by atoms with E-state index in [9.17, 15) is 13.5 Å². The van der Waals surface area contributed by atoms with E-state index >= 15 is 0 Å². The summed E-state index contributed by atoms with van der Waals surface area (Å²) in [5.41, 5.74) is 2.59. The molecule has 0 heterocycles. The molecule has 118 valence electrons. The van der Waals surface area contributed by atoms with Gasteiger partial charge in [0, 0.05) is 5.75 Å². The molecule has 0 aliphatic carbocycles. The summed E-state index contributed by atoms with van der Waals surface area (Å²) in [6, 6.07) is 17.0. The third-order valence-electron chi connectivity index (χ3n) is 3.45. The van der Waals surface area contributed by atoms with Gasteiger partial charge in [0.2, 0.25) is 2.57 Å². The zero-order valence-corrected chi connectivity index (χ0v) is 15.9.